The summed E-state index contributed by atoms with van der Waals surface area (Å²) in [4.78, 5) is 24.4. The van der Waals surface area contributed by atoms with Crippen LogP contribution in [0.25, 0.3) is 0 Å². The molecule has 0 unspecified atom stereocenters. The lowest BCUT2D eigenvalue weighted by Crippen LogP contribution is -2.30. The molecule has 1 atom stereocenters. The molecule has 0 spiro atoms. The molecule has 0 aliphatic rings. The van der Waals surface area contributed by atoms with Crippen LogP contribution >= 0.6 is 11.3 Å². The highest BCUT2D eigenvalue weighted by atomic mass is 32.1. The largest absolute Gasteiger partial charge is 0.469 e. The van der Waals surface area contributed by atoms with E-state index in [2.05, 4.69) is 15.2 Å². The Hall–Kier alpha value is -2.15. The number of rotatable bonds is 7. The molecule has 0 saturated carbocycles. The van der Waals surface area contributed by atoms with Gasteiger partial charge in [0.15, 0.2) is 0 Å². The van der Waals surface area contributed by atoms with E-state index in [4.69, 9.17) is 0 Å². The van der Waals surface area contributed by atoms with Crippen LogP contribution in [0.15, 0.2) is 36.0 Å². The van der Waals surface area contributed by atoms with Gasteiger partial charge in [-0.1, -0.05) is 6.07 Å². The van der Waals surface area contributed by atoms with Crippen LogP contribution in [0, 0.1) is 0 Å². The molecule has 2 heterocycles. The number of methoxy groups -OCH3 is 1. The van der Waals surface area contributed by atoms with Crippen molar-refractivity contribution in [3.05, 3.63) is 40.8 Å². The molecular weight excluding hydrogens is 290 g/mol. The molecule has 112 valence electrons. The first kappa shape index (κ1) is 15.2. The number of thiophene rings is 1. The topological polar surface area (TPSA) is 73.2 Å². The zero-order valence-corrected chi connectivity index (χ0v) is 12.5. The first-order valence-corrected chi connectivity index (χ1v) is 7.44. The number of carbonyl (C=O) groups is 2. The van der Waals surface area contributed by atoms with Gasteiger partial charge in [-0.15, -0.1) is 11.3 Å². The number of ether oxygens (including phenoxy) is 1. The van der Waals surface area contributed by atoms with Crippen molar-refractivity contribution in [3.63, 3.8) is 0 Å². The number of carbonyl (C=O) groups excluding carboxylic acids is 2. The van der Waals surface area contributed by atoms with Gasteiger partial charge in [-0.2, -0.15) is 5.10 Å². The second-order valence-corrected chi connectivity index (χ2v) is 5.41. The van der Waals surface area contributed by atoms with Crippen LogP contribution in [0.5, 0.6) is 0 Å². The second-order valence-electron chi connectivity index (χ2n) is 4.43. The van der Waals surface area contributed by atoms with Gasteiger partial charge < -0.3 is 10.1 Å². The fourth-order valence-electron chi connectivity index (χ4n) is 1.88. The van der Waals surface area contributed by atoms with Crippen molar-refractivity contribution < 1.29 is 14.3 Å². The Kier molecular flexibility index (Phi) is 5.51. The predicted molar refractivity (Wildman–Crippen MR) is 78.7 cm³/mol. The zero-order chi connectivity index (χ0) is 15.1. The summed E-state index contributed by atoms with van der Waals surface area (Å²) in [5, 5.41) is 8.83. The summed E-state index contributed by atoms with van der Waals surface area (Å²) in [6.45, 7) is 0.508. The Labute approximate surface area is 126 Å². The van der Waals surface area contributed by atoms with Gasteiger partial charge in [-0.3, -0.25) is 14.3 Å². The summed E-state index contributed by atoms with van der Waals surface area (Å²) in [5.41, 5.74) is 0. The minimum Gasteiger partial charge on any atom is -0.469 e. The lowest BCUT2D eigenvalue weighted by atomic mass is 10.1. The van der Waals surface area contributed by atoms with Crippen LogP contribution in [0.3, 0.4) is 0 Å². The summed E-state index contributed by atoms with van der Waals surface area (Å²) in [6, 6.07) is 5.25. The number of aryl methyl sites for hydroxylation is 1. The molecule has 21 heavy (non-hydrogen) atoms. The zero-order valence-electron chi connectivity index (χ0n) is 11.7. The number of nitrogens with one attached hydrogen (secondary N) is 1. The molecule has 2 aromatic heterocycles. The number of hydrogen-bond donors (Lipinski definition) is 1. The Morgan fingerprint density at radius 2 is 2.33 bits per heavy atom. The smallest absolute Gasteiger partial charge is 0.307 e. The van der Waals surface area contributed by atoms with Crippen molar-refractivity contribution >= 4 is 23.2 Å². The maximum Gasteiger partial charge on any atom is 0.307 e. The van der Waals surface area contributed by atoms with E-state index in [9.17, 15) is 9.59 Å². The number of hydrogen-bond acceptors (Lipinski definition) is 5. The van der Waals surface area contributed by atoms with Gasteiger partial charge in [0.1, 0.15) is 0 Å². The standard InChI is InChI=1S/C14H17N3O3S/c1-20-14(19)10-11(12-4-2-9-21-12)16-13(18)5-8-17-7-3-6-15-17/h2-4,6-7,9,11H,5,8,10H2,1H3,(H,16,18)/t11-/m1/s1. The molecule has 1 N–H and O–H groups in total. The monoisotopic (exact) mass is 307 g/mol. The van der Waals surface area contributed by atoms with E-state index in [1.165, 1.54) is 18.4 Å². The van der Waals surface area contributed by atoms with Crippen molar-refractivity contribution in [3.8, 4) is 0 Å². The Morgan fingerprint density at radius 1 is 1.48 bits per heavy atom. The molecule has 0 bridgehead atoms. The molecular formula is C14H17N3O3S. The van der Waals surface area contributed by atoms with Crippen molar-refractivity contribution in [2.45, 2.75) is 25.4 Å². The molecule has 6 nitrogen and oxygen atoms in total. The highest BCUT2D eigenvalue weighted by Gasteiger charge is 2.19. The quantitative estimate of drug-likeness (QED) is 0.791. The van der Waals surface area contributed by atoms with Crippen LogP contribution in [-0.4, -0.2) is 28.8 Å². The van der Waals surface area contributed by atoms with Gasteiger partial charge >= 0.3 is 5.97 Å². The third-order valence-electron chi connectivity index (χ3n) is 2.95. The average Bonchev–Trinajstić information content (AvgIpc) is 3.17. The Balaban J connectivity index is 1.91. The maximum absolute atomic E-state index is 12.0. The highest BCUT2D eigenvalue weighted by Crippen LogP contribution is 2.22. The summed E-state index contributed by atoms with van der Waals surface area (Å²) in [6.07, 6.45) is 3.91. The first-order valence-electron chi connectivity index (χ1n) is 6.56. The number of esters is 1. The molecule has 0 saturated heterocycles. The van der Waals surface area contributed by atoms with E-state index in [1.807, 2.05) is 23.6 Å². The molecule has 7 heteroatoms. The molecule has 1 amide bonds. The van der Waals surface area contributed by atoms with E-state index in [0.717, 1.165) is 4.88 Å². The number of nitrogens with zero attached hydrogens (tertiary/aromatic N) is 2. The van der Waals surface area contributed by atoms with Crippen LogP contribution in [0.1, 0.15) is 23.8 Å². The predicted octanol–water partition coefficient (Wildman–Crippen LogP) is 1.76. The average molecular weight is 307 g/mol. The normalized spacial score (nSPS) is 11.9. The minimum atomic E-state index is -0.347. The molecule has 0 fully saturated rings. The first-order chi connectivity index (χ1) is 10.2. The van der Waals surface area contributed by atoms with Crippen molar-refractivity contribution in [1.29, 1.82) is 0 Å². The van der Waals surface area contributed by atoms with Crippen LogP contribution in [-0.2, 0) is 20.9 Å². The van der Waals surface area contributed by atoms with Gasteiger partial charge in [0.05, 0.1) is 19.6 Å². The van der Waals surface area contributed by atoms with E-state index in [-0.39, 0.29) is 24.3 Å². The van der Waals surface area contributed by atoms with Crippen LogP contribution in [0.2, 0.25) is 0 Å². The summed E-state index contributed by atoms with van der Waals surface area (Å²) >= 11 is 1.50. The summed E-state index contributed by atoms with van der Waals surface area (Å²) < 4.78 is 6.37. The lowest BCUT2D eigenvalue weighted by molar-refractivity contribution is -0.141. The van der Waals surface area contributed by atoms with E-state index in [0.29, 0.717) is 13.0 Å². The molecule has 0 radical (unpaired) electrons. The van der Waals surface area contributed by atoms with Crippen molar-refractivity contribution in [2.24, 2.45) is 0 Å². The fourth-order valence-corrected chi connectivity index (χ4v) is 2.66. The van der Waals surface area contributed by atoms with Gasteiger partial charge in [0, 0.05) is 30.2 Å². The Bertz CT molecular complexity index is 566. The molecule has 0 aliphatic carbocycles. The van der Waals surface area contributed by atoms with Crippen molar-refractivity contribution in [1.82, 2.24) is 15.1 Å². The summed E-state index contributed by atoms with van der Waals surface area (Å²) in [5.74, 6) is -0.464. The van der Waals surface area contributed by atoms with E-state index >= 15 is 0 Å². The SMILES string of the molecule is COC(=O)C[C@@H](NC(=O)CCn1cccn1)c1cccs1. The third-order valence-corrected chi connectivity index (χ3v) is 3.93. The third kappa shape index (κ3) is 4.71. The molecule has 2 rings (SSSR count). The van der Waals surface area contributed by atoms with Gasteiger partial charge in [0.25, 0.3) is 0 Å². The van der Waals surface area contributed by atoms with Gasteiger partial charge in [0.2, 0.25) is 5.91 Å². The highest BCUT2D eigenvalue weighted by molar-refractivity contribution is 7.10. The van der Waals surface area contributed by atoms with E-state index in [1.54, 1.807) is 17.1 Å². The maximum atomic E-state index is 12.0. The van der Waals surface area contributed by atoms with Crippen LogP contribution in [0.4, 0.5) is 0 Å². The van der Waals surface area contributed by atoms with Gasteiger partial charge in [-0.25, -0.2) is 0 Å². The van der Waals surface area contributed by atoms with Gasteiger partial charge in [-0.05, 0) is 17.5 Å². The molecule has 0 aromatic carbocycles. The Morgan fingerprint density at radius 3 is 2.95 bits per heavy atom. The van der Waals surface area contributed by atoms with E-state index < -0.39 is 0 Å². The fraction of sp³-hybridized carbons (Fsp3) is 0.357. The molecule has 2 aromatic rings. The van der Waals surface area contributed by atoms with Crippen molar-refractivity contribution in [2.75, 3.05) is 7.11 Å². The molecule has 0 aliphatic heterocycles. The number of aromatic nitrogens is 2. The summed E-state index contributed by atoms with van der Waals surface area (Å²) in [7, 11) is 1.34. The minimum absolute atomic E-state index is 0.118. The second kappa shape index (κ2) is 7.58. The lowest BCUT2D eigenvalue weighted by Gasteiger charge is -2.16. The number of amides is 1. The van der Waals surface area contributed by atoms with Crippen LogP contribution < -0.4 is 5.32 Å².